The molecule has 0 atom stereocenters. The Morgan fingerprint density at radius 1 is 0.214 bits per heavy atom. The number of benzene rings is 13. The monoisotopic (exact) mass is 1140 g/mol. The number of rotatable bonds is 10. The first kappa shape index (κ1) is 49.0. The number of nitrogens with zero attached hydrogens (tertiary/aromatic N) is 2. The molecule has 0 aliphatic rings. The van der Waals surface area contributed by atoms with Crippen LogP contribution in [-0.4, -0.2) is 25.3 Å². The van der Waals surface area contributed by atoms with Crippen LogP contribution in [0.2, 0.25) is 0 Å². The van der Waals surface area contributed by atoms with Crippen LogP contribution in [0.15, 0.2) is 315 Å². The molecular weight excluding hydrogens is 1090 g/mol. The van der Waals surface area contributed by atoms with Gasteiger partial charge in [-0.05, 0) is 108 Å². The minimum Gasteiger partial charge on any atom is -0.309 e. The van der Waals surface area contributed by atoms with Crippen LogP contribution < -0.4 is 41.5 Å². The molecule has 0 radical (unpaired) electrons. The number of hydrogen-bond donors (Lipinski definition) is 0. The molecule has 4 heterocycles. The summed E-state index contributed by atoms with van der Waals surface area (Å²) in [6.07, 6.45) is 0. The smallest absolute Gasteiger partial charge is 0.181 e. The number of fused-ring (bicyclic) bond motifs is 12. The number of aromatic nitrogens is 2. The average Bonchev–Trinajstić information content (AvgIpc) is 1.97. The van der Waals surface area contributed by atoms with Crippen molar-refractivity contribution >= 4 is 164 Å². The Hall–Kier alpha value is -9.67. The Kier molecular flexibility index (Phi) is 11.4. The van der Waals surface area contributed by atoms with Gasteiger partial charge in [0.15, 0.2) is 16.1 Å². The molecule has 13 aromatic carbocycles. The van der Waals surface area contributed by atoms with E-state index >= 15 is 0 Å². The van der Waals surface area contributed by atoms with E-state index in [-0.39, 0.29) is 0 Å². The molecule has 0 saturated carbocycles. The van der Waals surface area contributed by atoms with Gasteiger partial charge in [0.05, 0.1) is 22.1 Å². The fourth-order valence-electron chi connectivity index (χ4n) is 14.5. The zero-order chi connectivity index (χ0) is 55.3. The molecular formula is C78H52N2S2Si2. The summed E-state index contributed by atoms with van der Waals surface area (Å²) in [4.78, 5) is 0. The van der Waals surface area contributed by atoms with E-state index < -0.39 is 16.1 Å². The van der Waals surface area contributed by atoms with Crippen molar-refractivity contribution in [3.8, 4) is 11.4 Å². The van der Waals surface area contributed by atoms with Crippen molar-refractivity contribution in [1.29, 1.82) is 0 Å². The summed E-state index contributed by atoms with van der Waals surface area (Å²) < 4.78 is 10.2. The van der Waals surface area contributed by atoms with Crippen molar-refractivity contribution in [2.24, 2.45) is 0 Å². The van der Waals surface area contributed by atoms with E-state index in [1.807, 2.05) is 22.7 Å². The summed E-state index contributed by atoms with van der Waals surface area (Å²) in [6, 6.07) is 120. The van der Waals surface area contributed by atoms with Gasteiger partial charge in [0, 0.05) is 73.3 Å². The first-order valence-electron chi connectivity index (χ1n) is 28.9. The van der Waals surface area contributed by atoms with E-state index in [0.717, 1.165) is 11.4 Å². The molecule has 0 amide bonds. The summed E-state index contributed by atoms with van der Waals surface area (Å²) in [5.41, 5.74) is 7.09. The summed E-state index contributed by atoms with van der Waals surface area (Å²) in [5.74, 6) is 0. The highest BCUT2D eigenvalue weighted by Crippen LogP contribution is 2.39. The summed E-state index contributed by atoms with van der Waals surface area (Å²) in [7, 11) is -6.12. The van der Waals surface area contributed by atoms with Crippen LogP contribution in [0.1, 0.15) is 0 Å². The largest absolute Gasteiger partial charge is 0.309 e. The first-order chi connectivity index (χ1) is 41.7. The molecule has 2 nitrogen and oxygen atoms in total. The molecule has 4 aromatic heterocycles. The Balaban J connectivity index is 0.895. The van der Waals surface area contributed by atoms with Crippen LogP contribution in [0.25, 0.3) is 95.3 Å². The van der Waals surface area contributed by atoms with Crippen LogP contribution in [0, 0.1) is 0 Å². The van der Waals surface area contributed by atoms with Gasteiger partial charge >= 0.3 is 0 Å². The van der Waals surface area contributed by atoms with Crippen LogP contribution in [0.4, 0.5) is 0 Å². The van der Waals surface area contributed by atoms with E-state index in [1.54, 1.807) is 0 Å². The molecule has 6 heteroatoms. The lowest BCUT2D eigenvalue weighted by atomic mass is 10.1. The minimum atomic E-state index is -3.11. The highest BCUT2D eigenvalue weighted by molar-refractivity contribution is 7.31. The van der Waals surface area contributed by atoms with Crippen molar-refractivity contribution in [2.45, 2.75) is 0 Å². The second kappa shape index (κ2) is 19.5. The van der Waals surface area contributed by atoms with E-state index in [1.165, 1.54) is 125 Å². The summed E-state index contributed by atoms with van der Waals surface area (Å²) >= 11 is 3.86. The highest BCUT2D eigenvalue weighted by Gasteiger charge is 2.44. The highest BCUT2D eigenvalue weighted by atomic mass is 32.1. The van der Waals surface area contributed by atoms with Crippen LogP contribution in [-0.2, 0) is 0 Å². The summed E-state index contributed by atoms with van der Waals surface area (Å²) in [5, 5.41) is 21.2. The van der Waals surface area contributed by atoms with Crippen molar-refractivity contribution in [3.63, 3.8) is 0 Å². The van der Waals surface area contributed by atoms with Gasteiger partial charge in [-0.15, -0.1) is 22.7 Å². The summed E-state index contributed by atoms with van der Waals surface area (Å²) in [6.45, 7) is 0. The van der Waals surface area contributed by atoms with Crippen molar-refractivity contribution in [2.75, 3.05) is 0 Å². The quantitative estimate of drug-likeness (QED) is 0.0954. The number of thiophene rings is 2. The molecule has 0 aliphatic carbocycles. The maximum absolute atomic E-state index is 3.11. The van der Waals surface area contributed by atoms with E-state index in [2.05, 4.69) is 325 Å². The fourth-order valence-corrected chi connectivity index (χ4v) is 26.9. The molecule has 0 bridgehead atoms. The SMILES string of the molecule is c1ccc([Si](c2ccccc2)(c2cccc(-n3c4ccccc4c4cc(-n5c6ccccc6c6ccccc65)ccc43)c2)c2ccc3sc4ccc([Si](c5ccccc5)(c5ccccc5)c5cccc6c5sc5ccccc56)cc4c3c2)cc1. The van der Waals surface area contributed by atoms with Gasteiger partial charge in [-0.2, -0.15) is 0 Å². The standard InChI is InChI=1S/C78H52N2S2Si2/c1-5-24-55(25-6-1)83(56-26-7-2-8-27-56,59-32-21-23-53(49-59)79-72-40-19-15-35-64(72)67-50-54(43-46-73(67)79)80-70-38-17-13-33-62(70)63-34-14-18-39-71(63)80)60-44-47-75-68(51-60)69-52-61(45-48-76(69)81-75)84(57-28-9-3-10-29-57,58-30-11-4-12-31-58)77-42-22-37-66-65-36-16-20-41-74(65)82-78(66)77/h1-52H. The third-order valence-electron chi connectivity index (χ3n) is 18.0. The molecule has 0 saturated heterocycles. The molecule has 17 rings (SSSR count). The van der Waals surface area contributed by atoms with Gasteiger partial charge in [0.2, 0.25) is 0 Å². The second-order valence-corrected chi connectivity index (χ2v) is 32.0. The van der Waals surface area contributed by atoms with E-state index in [9.17, 15) is 0 Å². The maximum Gasteiger partial charge on any atom is 0.181 e. The van der Waals surface area contributed by atoms with E-state index in [4.69, 9.17) is 0 Å². The Morgan fingerprint density at radius 3 is 1.17 bits per heavy atom. The topological polar surface area (TPSA) is 9.86 Å². The number of hydrogen-bond acceptors (Lipinski definition) is 2. The third-order valence-corrected chi connectivity index (χ3v) is 30.1. The Morgan fingerprint density at radius 2 is 0.607 bits per heavy atom. The molecule has 0 unspecified atom stereocenters. The lowest BCUT2D eigenvalue weighted by Gasteiger charge is -2.35. The van der Waals surface area contributed by atoms with Crippen molar-refractivity contribution in [1.82, 2.24) is 9.13 Å². The Bertz CT molecular complexity index is 5260. The Labute approximate surface area is 496 Å². The van der Waals surface area contributed by atoms with Gasteiger partial charge in [-0.3, -0.25) is 0 Å². The van der Waals surface area contributed by atoms with Gasteiger partial charge in [0.25, 0.3) is 0 Å². The zero-order valence-electron chi connectivity index (χ0n) is 45.7. The molecule has 0 aliphatic heterocycles. The second-order valence-electron chi connectivity index (χ2n) is 22.2. The third kappa shape index (κ3) is 7.25. The fraction of sp³-hybridized carbons (Fsp3) is 0. The number of para-hydroxylation sites is 3. The van der Waals surface area contributed by atoms with Gasteiger partial charge < -0.3 is 9.13 Å². The molecule has 0 spiro atoms. The average molecular weight is 1140 g/mol. The molecule has 394 valence electrons. The van der Waals surface area contributed by atoms with Crippen molar-refractivity contribution < 1.29 is 0 Å². The van der Waals surface area contributed by atoms with Crippen LogP contribution in [0.5, 0.6) is 0 Å². The molecule has 17 aromatic rings. The van der Waals surface area contributed by atoms with E-state index in [0.29, 0.717) is 0 Å². The van der Waals surface area contributed by atoms with Gasteiger partial charge in [0.1, 0.15) is 0 Å². The maximum atomic E-state index is 2.61. The molecule has 0 fully saturated rings. The zero-order valence-corrected chi connectivity index (χ0v) is 49.4. The van der Waals surface area contributed by atoms with Crippen molar-refractivity contribution in [3.05, 3.63) is 315 Å². The van der Waals surface area contributed by atoms with Crippen LogP contribution >= 0.6 is 22.7 Å². The molecule has 84 heavy (non-hydrogen) atoms. The molecule has 0 N–H and O–H groups in total. The normalized spacial score (nSPS) is 12.3. The first-order valence-corrected chi connectivity index (χ1v) is 34.5. The lowest BCUT2D eigenvalue weighted by molar-refractivity contribution is 1.17. The lowest BCUT2D eigenvalue weighted by Crippen LogP contribution is -2.74. The predicted molar refractivity (Wildman–Crippen MR) is 368 cm³/mol. The minimum absolute atomic E-state index is 1.15. The van der Waals surface area contributed by atoms with Crippen LogP contribution in [0.3, 0.4) is 0 Å². The van der Waals surface area contributed by atoms with Gasteiger partial charge in [-0.25, -0.2) is 0 Å². The predicted octanol–water partition coefficient (Wildman–Crippen LogP) is 15.4. The van der Waals surface area contributed by atoms with Gasteiger partial charge in [-0.1, -0.05) is 249 Å².